The highest BCUT2D eigenvalue weighted by Gasteiger charge is 2.25. The van der Waals surface area contributed by atoms with Gasteiger partial charge in [0.1, 0.15) is 0 Å². The monoisotopic (exact) mass is 581 g/mol. The fraction of sp³-hybridized carbons (Fsp3) is 0.606. The Kier molecular flexibility index (Phi) is 11.6. The molecule has 0 aliphatic carbocycles. The van der Waals surface area contributed by atoms with Gasteiger partial charge in [-0.1, -0.05) is 54.2 Å². The van der Waals surface area contributed by atoms with Crippen molar-refractivity contribution < 1.29 is 14.5 Å². The first-order valence-corrected chi connectivity index (χ1v) is 15.0. The van der Waals surface area contributed by atoms with Crippen molar-refractivity contribution in [3.05, 3.63) is 58.1 Å². The van der Waals surface area contributed by atoms with Crippen LogP contribution < -0.4 is 15.0 Å². The van der Waals surface area contributed by atoms with Crippen molar-refractivity contribution in [2.24, 2.45) is 5.92 Å². The number of nitrogens with one attached hydrogen (secondary N) is 1. The Labute approximate surface area is 252 Å². The minimum Gasteiger partial charge on any atom is -0.486 e. The van der Waals surface area contributed by atoms with Crippen LogP contribution in [-0.2, 0) is 10.2 Å². The minimum atomic E-state index is -0.408. The van der Waals surface area contributed by atoms with E-state index in [0.717, 1.165) is 64.3 Å². The zero-order valence-corrected chi connectivity index (χ0v) is 25.4. The SMILES string of the molecule is C.CC(C)COc1cc(NC2CCN(C(=O)CCN3CCN(c4ccc(C(C)(C)C)cc4)CC3)CC2)ccc1[N+](=O)[O-]. The van der Waals surface area contributed by atoms with Gasteiger partial charge in [-0.25, -0.2) is 0 Å². The van der Waals surface area contributed by atoms with Crippen molar-refractivity contribution in [2.45, 2.75) is 72.8 Å². The highest BCUT2D eigenvalue weighted by molar-refractivity contribution is 5.76. The summed E-state index contributed by atoms with van der Waals surface area (Å²) in [6.07, 6.45) is 2.24. The zero-order chi connectivity index (χ0) is 29.6. The summed E-state index contributed by atoms with van der Waals surface area (Å²) < 4.78 is 5.72. The van der Waals surface area contributed by atoms with Crippen LogP contribution in [0.2, 0.25) is 0 Å². The third-order valence-corrected chi connectivity index (χ3v) is 8.06. The fourth-order valence-electron chi connectivity index (χ4n) is 5.45. The Morgan fingerprint density at radius 1 is 1.02 bits per heavy atom. The standard InChI is InChI=1S/C32H47N5O4.CH4/c1-24(2)23-41-30-22-27(8-11-29(30)37(39)40)33-26-12-16-36(17-13-26)31(38)14-15-34-18-20-35(21-19-34)28-9-6-25(7-10-28)32(3,4)5;/h6-11,22,24,26,33H,12-21,23H2,1-5H3;1H4. The molecule has 0 aromatic heterocycles. The van der Waals surface area contributed by atoms with E-state index in [0.29, 0.717) is 18.8 Å². The number of nitro groups is 1. The predicted octanol–water partition coefficient (Wildman–Crippen LogP) is 6.18. The van der Waals surface area contributed by atoms with Gasteiger partial charge in [0.15, 0.2) is 5.75 Å². The molecule has 0 bridgehead atoms. The fourth-order valence-corrected chi connectivity index (χ4v) is 5.45. The first kappa shape index (κ1) is 33.2. The molecule has 1 amide bonds. The number of nitro benzene ring substituents is 1. The number of anilines is 2. The van der Waals surface area contributed by atoms with E-state index < -0.39 is 4.92 Å². The van der Waals surface area contributed by atoms with E-state index >= 15 is 0 Å². The van der Waals surface area contributed by atoms with E-state index in [1.807, 2.05) is 18.7 Å². The Morgan fingerprint density at radius 2 is 1.67 bits per heavy atom. The lowest BCUT2D eigenvalue weighted by Gasteiger charge is -2.37. The van der Waals surface area contributed by atoms with E-state index in [2.05, 4.69) is 60.2 Å². The molecule has 2 aromatic carbocycles. The maximum atomic E-state index is 13.0. The normalized spacial score (nSPS) is 16.7. The average molecular weight is 582 g/mol. The second-order valence-electron chi connectivity index (χ2n) is 12.8. The molecule has 2 saturated heterocycles. The Morgan fingerprint density at radius 3 is 2.24 bits per heavy atom. The quantitative estimate of drug-likeness (QED) is 0.265. The number of hydrogen-bond acceptors (Lipinski definition) is 7. The van der Waals surface area contributed by atoms with Crippen molar-refractivity contribution in [3.8, 4) is 5.75 Å². The van der Waals surface area contributed by atoms with Gasteiger partial charge in [0, 0.05) is 81.8 Å². The smallest absolute Gasteiger partial charge is 0.311 e. The summed E-state index contributed by atoms with van der Waals surface area (Å²) in [6, 6.07) is 14.1. The molecular formula is C33H51N5O4. The van der Waals surface area contributed by atoms with Gasteiger partial charge >= 0.3 is 5.69 Å². The zero-order valence-electron chi connectivity index (χ0n) is 25.4. The molecule has 42 heavy (non-hydrogen) atoms. The third kappa shape index (κ3) is 9.08. The summed E-state index contributed by atoms with van der Waals surface area (Å²) in [7, 11) is 0. The number of carbonyl (C=O) groups is 1. The van der Waals surface area contributed by atoms with Gasteiger partial charge in [-0.2, -0.15) is 0 Å². The lowest BCUT2D eigenvalue weighted by molar-refractivity contribution is -0.385. The molecule has 4 rings (SSSR count). The molecule has 2 fully saturated rings. The summed E-state index contributed by atoms with van der Waals surface area (Å²) in [4.78, 5) is 30.8. The van der Waals surface area contributed by atoms with Crippen LogP contribution in [0.15, 0.2) is 42.5 Å². The van der Waals surface area contributed by atoms with Crippen LogP contribution in [-0.4, -0.2) is 79.1 Å². The molecule has 9 nitrogen and oxygen atoms in total. The van der Waals surface area contributed by atoms with Gasteiger partial charge < -0.3 is 19.9 Å². The number of piperazine rings is 1. The van der Waals surface area contributed by atoms with Crippen LogP contribution in [0.25, 0.3) is 0 Å². The number of carbonyl (C=O) groups excluding carboxylic acids is 1. The number of rotatable bonds is 10. The summed E-state index contributed by atoms with van der Waals surface area (Å²) >= 11 is 0. The van der Waals surface area contributed by atoms with Crippen LogP contribution in [0.3, 0.4) is 0 Å². The number of hydrogen-bond donors (Lipinski definition) is 1. The number of benzene rings is 2. The molecule has 1 N–H and O–H groups in total. The number of amides is 1. The Balaban J connectivity index is 0.00000484. The number of ether oxygens (including phenoxy) is 1. The summed E-state index contributed by atoms with van der Waals surface area (Å²) in [5.74, 6) is 0.790. The van der Waals surface area contributed by atoms with Gasteiger partial charge in [-0.05, 0) is 47.9 Å². The molecule has 0 unspecified atom stereocenters. The van der Waals surface area contributed by atoms with Crippen LogP contribution in [0.5, 0.6) is 5.75 Å². The maximum absolute atomic E-state index is 13.0. The first-order valence-electron chi connectivity index (χ1n) is 15.0. The van der Waals surface area contributed by atoms with Crippen LogP contribution in [0.4, 0.5) is 17.1 Å². The van der Waals surface area contributed by atoms with Crippen molar-refractivity contribution in [1.82, 2.24) is 9.80 Å². The highest BCUT2D eigenvalue weighted by atomic mass is 16.6. The number of nitrogens with zero attached hydrogens (tertiary/aromatic N) is 4. The number of piperidine rings is 1. The van der Waals surface area contributed by atoms with E-state index in [1.165, 1.54) is 17.3 Å². The average Bonchev–Trinajstić information content (AvgIpc) is 2.95. The van der Waals surface area contributed by atoms with E-state index in [4.69, 9.17) is 4.74 Å². The molecule has 2 aliphatic rings. The molecule has 2 aliphatic heterocycles. The second kappa shape index (κ2) is 14.7. The lowest BCUT2D eigenvalue weighted by Crippen LogP contribution is -2.48. The molecule has 0 radical (unpaired) electrons. The molecule has 2 aromatic rings. The molecule has 0 spiro atoms. The van der Waals surface area contributed by atoms with Crippen molar-refractivity contribution in [1.29, 1.82) is 0 Å². The Hall–Kier alpha value is -3.33. The van der Waals surface area contributed by atoms with Gasteiger partial charge in [0.05, 0.1) is 11.5 Å². The van der Waals surface area contributed by atoms with Gasteiger partial charge in [-0.15, -0.1) is 0 Å². The maximum Gasteiger partial charge on any atom is 0.311 e. The van der Waals surface area contributed by atoms with E-state index in [-0.39, 0.29) is 36.4 Å². The Bertz CT molecular complexity index is 1160. The molecule has 2 heterocycles. The minimum absolute atomic E-state index is 0. The molecule has 0 saturated carbocycles. The molecule has 0 atom stereocenters. The van der Waals surface area contributed by atoms with Crippen molar-refractivity contribution in [3.63, 3.8) is 0 Å². The first-order chi connectivity index (χ1) is 19.5. The highest BCUT2D eigenvalue weighted by Crippen LogP contribution is 2.31. The molecule has 9 heteroatoms. The van der Waals surface area contributed by atoms with E-state index in [1.54, 1.807) is 12.1 Å². The van der Waals surface area contributed by atoms with Gasteiger partial charge in [-0.3, -0.25) is 19.8 Å². The summed E-state index contributed by atoms with van der Waals surface area (Å²) in [5.41, 5.74) is 3.58. The van der Waals surface area contributed by atoms with Crippen LogP contribution >= 0.6 is 0 Å². The van der Waals surface area contributed by atoms with Crippen molar-refractivity contribution in [2.75, 3.05) is 62.6 Å². The topological polar surface area (TPSA) is 91.2 Å². The molecule has 232 valence electrons. The lowest BCUT2D eigenvalue weighted by atomic mass is 9.87. The second-order valence-corrected chi connectivity index (χ2v) is 12.8. The van der Waals surface area contributed by atoms with Crippen LogP contribution in [0, 0.1) is 16.0 Å². The summed E-state index contributed by atoms with van der Waals surface area (Å²) in [5, 5.41) is 14.9. The van der Waals surface area contributed by atoms with Gasteiger partial charge in [0.2, 0.25) is 5.91 Å². The van der Waals surface area contributed by atoms with Gasteiger partial charge in [0.25, 0.3) is 0 Å². The predicted molar refractivity (Wildman–Crippen MR) is 172 cm³/mol. The van der Waals surface area contributed by atoms with Crippen molar-refractivity contribution >= 4 is 23.0 Å². The molecular weight excluding hydrogens is 530 g/mol. The third-order valence-electron chi connectivity index (χ3n) is 8.06. The van der Waals surface area contributed by atoms with Crippen LogP contribution in [0.1, 0.15) is 66.9 Å². The number of likely N-dealkylation sites (tertiary alicyclic amines) is 1. The van der Waals surface area contributed by atoms with E-state index in [9.17, 15) is 14.9 Å². The largest absolute Gasteiger partial charge is 0.486 e. The summed E-state index contributed by atoms with van der Waals surface area (Å²) in [6.45, 7) is 17.3.